The third-order valence-electron chi connectivity index (χ3n) is 6.25. The van der Waals surface area contributed by atoms with Gasteiger partial charge in [-0.1, -0.05) is 13.8 Å². The summed E-state index contributed by atoms with van der Waals surface area (Å²) in [6.45, 7) is 6.64. The maximum absolute atomic E-state index is 5.25. The monoisotopic (exact) mass is 289 g/mol. The molecule has 4 bridgehead atoms. The molecule has 4 saturated carbocycles. The van der Waals surface area contributed by atoms with Crippen LogP contribution < -0.4 is 0 Å². The first-order valence-electron chi connectivity index (χ1n) is 8.33. The Bertz CT molecular complexity index is 534. The van der Waals surface area contributed by atoms with Gasteiger partial charge in [-0.05, 0) is 55.3 Å². The first-order chi connectivity index (χ1) is 9.96. The van der Waals surface area contributed by atoms with Crippen molar-refractivity contribution in [3.05, 3.63) is 12.2 Å². The third-order valence-corrected chi connectivity index (χ3v) is 6.25. The average molecular weight is 289 g/mol. The molecule has 0 aliphatic heterocycles. The Balaban J connectivity index is 1.73. The van der Waals surface area contributed by atoms with Gasteiger partial charge < -0.3 is 9.30 Å². The third kappa shape index (κ3) is 2.06. The van der Waals surface area contributed by atoms with Crippen LogP contribution in [-0.4, -0.2) is 28.5 Å². The summed E-state index contributed by atoms with van der Waals surface area (Å²) in [5.41, 5.74) is 1.31. The van der Waals surface area contributed by atoms with Crippen LogP contribution in [0.15, 0.2) is 6.33 Å². The van der Waals surface area contributed by atoms with E-state index in [2.05, 4.69) is 28.6 Å². The van der Waals surface area contributed by atoms with E-state index in [1.54, 1.807) is 7.11 Å². The van der Waals surface area contributed by atoms with Crippen LogP contribution in [0.25, 0.3) is 0 Å². The largest absolute Gasteiger partial charge is 0.383 e. The highest BCUT2D eigenvalue weighted by Gasteiger charge is 2.61. The summed E-state index contributed by atoms with van der Waals surface area (Å²) >= 11 is 0. The minimum Gasteiger partial charge on any atom is -0.383 e. The predicted octanol–water partition coefficient (Wildman–Crippen LogP) is 3.17. The van der Waals surface area contributed by atoms with Crippen LogP contribution in [0.2, 0.25) is 0 Å². The molecule has 4 fully saturated rings. The highest BCUT2D eigenvalue weighted by molar-refractivity contribution is 5.22. The van der Waals surface area contributed by atoms with Crippen LogP contribution >= 0.6 is 0 Å². The number of methoxy groups -OCH3 is 1. The molecule has 4 aliphatic rings. The smallest absolute Gasteiger partial charge is 0.139 e. The Kier molecular flexibility index (Phi) is 2.82. The van der Waals surface area contributed by atoms with Gasteiger partial charge in [0.2, 0.25) is 0 Å². The first kappa shape index (κ1) is 13.7. The van der Waals surface area contributed by atoms with Crippen molar-refractivity contribution in [1.82, 2.24) is 14.8 Å². The van der Waals surface area contributed by atoms with Crippen molar-refractivity contribution >= 4 is 0 Å². The van der Waals surface area contributed by atoms with E-state index >= 15 is 0 Å². The molecule has 1 aromatic heterocycles. The van der Waals surface area contributed by atoms with Crippen molar-refractivity contribution in [1.29, 1.82) is 0 Å². The van der Waals surface area contributed by atoms with Crippen molar-refractivity contribution in [3.8, 4) is 0 Å². The van der Waals surface area contributed by atoms with Crippen LogP contribution in [-0.2, 0) is 16.7 Å². The average Bonchev–Trinajstić information content (AvgIpc) is 2.80. The van der Waals surface area contributed by atoms with Crippen molar-refractivity contribution in [2.45, 2.75) is 64.3 Å². The molecule has 2 unspecified atom stereocenters. The summed E-state index contributed by atoms with van der Waals surface area (Å²) in [7, 11) is 1.76. The van der Waals surface area contributed by atoms with Gasteiger partial charge in [0.25, 0.3) is 0 Å². The zero-order valence-corrected chi connectivity index (χ0v) is 13.6. The van der Waals surface area contributed by atoms with Crippen LogP contribution in [0.1, 0.15) is 58.2 Å². The summed E-state index contributed by atoms with van der Waals surface area (Å²) in [5.74, 6) is 2.13. The van der Waals surface area contributed by atoms with E-state index in [-0.39, 0.29) is 5.41 Å². The zero-order chi connectivity index (χ0) is 14.7. The number of nitrogens with zero attached hydrogens (tertiary/aromatic N) is 3. The Labute approximate surface area is 127 Å². The maximum Gasteiger partial charge on any atom is 0.139 e. The number of hydrogen-bond donors (Lipinski definition) is 0. The second kappa shape index (κ2) is 4.31. The van der Waals surface area contributed by atoms with Crippen molar-refractivity contribution in [2.24, 2.45) is 16.7 Å². The van der Waals surface area contributed by atoms with Crippen molar-refractivity contribution in [2.75, 3.05) is 13.7 Å². The second-order valence-corrected chi connectivity index (χ2v) is 8.75. The fraction of sp³-hybridized carbons (Fsp3) is 0.882. The maximum atomic E-state index is 5.25. The minimum atomic E-state index is 0.271. The van der Waals surface area contributed by atoms with Crippen LogP contribution in [0.5, 0.6) is 0 Å². The minimum absolute atomic E-state index is 0.271. The summed E-state index contributed by atoms with van der Waals surface area (Å²) in [6.07, 6.45) is 10.1. The molecule has 4 aliphatic carbocycles. The molecule has 0 aromatic carbocycles. The van der Waals surface area contributed by atoms with Gasteiger partial charge in [0.05, 0.1) is 6.61 Å². The molecular formula is C17H27N3O. The van der Waals surface area contributed by atoms with Gasteiger partial charge in [0, 0.05) is 19.1 Å². The Morgan fingerprint density at radius 2 is 1.90 bits per heavy atom. The molecule has 0 N–H and O–H groups in total. The van der Waals surface area contributed by atoms with E-state index < -0.39 is 0 Å². The summed E-state index contributed by atoms with van der Waals surface area (Å²) < 4.78 is 7.51. The molecule has 1 heterocycles. The van der Waals surface area contributed by atoms with Crippen LogP contribution in [0, 0.1) is 16.7 Å². The van der Waals surface area contributed by atoms with Crippen molar-refractivity contribution in [3.63, 3.8) is 0 Å². The molecule has 5 rings (SSSR count). The van der Waals surface area contributed by atoms with Gasteiger partial charge >= 0.3 is 0 Å². The van der Waals surface area contributed by atoms with E-state index in [0.29, 0.717) is 10.8 Å². The van der Waals surface area contributed by atoms with E-state index in [9.17, 15) is 0 Å². The Morgan fingerprint density at radius 1 is 1.19 bits per heavy atom. The molecule has 1 aromatic rings. The SMILES string of the molecule is COCCn1cnnc1C12CC3CC(C)(CC(C)(C3)C1)C2. The normalized spacial score (nSPS) is 44.4. The summed E-state index contributed by atoms with van der Waals surface area (Å²) in [6, 6.07) is 0. The fourth-order valence-electron chi connectivity index (χ4n) is 6.72. The number of ether oxygens (including phenoxy) is 1. The van der Waals surface area contributed by atoms with E-state index in [4.69, 9.17) is 4.74 Å². The zero-order valence-electron chi connectivity index (χ0n) is 13.6. The highest BCUT2D eigenvalue weighted by Crippen LogP contribution is 2.69. The lowest BCUT2D eigenvalue weighted by Gasteiger charge is -2.64. The lowest BCUT2D eigenvalue weighted by Crippen LogP contribution is -2.57. The fourth-order valence-corrected chi connectivity index (χ4v) is 6.72. The lowest BCUT2D eigenvalue weighted by molar-refractivity contribution is -0.113. The molecular weight excluding hydrogens is 262 g/mol. The van der Waals surface area contributed by atoms with E-state index in [1.807, 2.05) is 6.33 Å². The van der Waals surface area contributed by atoms with Gasteiger partial charge in [-0.25, -0.2) is 0 Å². The molecule has 0 spiro atoms. The van der Waals surface area contributed by atoms with Gasteiger partial charge in [-0.3, -0.25) is 0 Å². The van der Waals surface area contributed by atoms with Gasteiger partial charge in [-0.15, -0.1) is 10.2 Å². The highest BCUT2D eigenvalue weighted by atomic mass is 16.5. The van der Waals surface area contributed by atoms with Gasteiger partial charge in [0.1, 0.15) is 12.2 Å². The van der Waals surface area contributed by atoms with Crippen LogP contribution in [0.4, 0.5) is 0 Å². The Morgan fingerprint density at radius 3 is 2.52 bits per heavy atom. The standard InChI is InChI=1S/C17H27N3O/c1-15-6-13-7-16(2,9-15)11-17(8-13,10-15)14-19-18-12-20(14)4-5-21-3/h12-13H,4-11H2,1-3H3. The van der Waals surface area contributed by atoms with Gasteiger partial charge in [0.15, 0.2) is 0 Å². The molecule has 0 amide bonds. The lowest BCUT2D eigenvalue weighted by atomic mass is 9.40. The molecule has 4 nitrogen and oxygen atoms in total. The molecule has 2 atom stereocenters. The van der Waals surface area contributed by atoms with E-state index in [1.165, 1.54) is 44.3 Å². The summed E-state index contributed by atoms with van der Waals surface area (Å²) in [5, 5.41) is 8.81. The molecule has 21 heavy (non-hydrogen) atoms. The number of hydrogen-bond acceptors (Lipinski definition) is 3. The van der Waals surface area contributed by atoms with Gasteiger partial charge in [-0.2, -0.15) is 0 Å². The second-order valence-electron chi connectivity index (χ2n) is 8.75. The Hall–Kier alpha value is -0.900. The van der Waals surface area contributed by atoms with Crippen LogP contribution in [0.3, 0.4) is 0 Å². The van der Waals surface area contributed by atoms with Crippen molar-refractivity contribution < 1.29 is 4.74 Å². The van der Waals surface area contributed by atoms with E-state index in [0.717, 1.165) is 19.1 Å². The molecule has 4 heteroatoms. The number of aromatic nitrogens is 3. The molecule has 0 saturated heterocycles. The molecule has 116 valence electrons. The first-order valence-corrected chi connectivity index (χ1v) is 8.33. The quantitative estimate of drug-likeness (QED) is 0.854. The predicted molar refractivity (Wildman–Crippen MR) is 81.0 cm³/mol. The topological polar surface area (TPSA) is 39.9 Å². The summed E-state index contributed by atoms with van der Waals surface area (Å²) in [4.78, 5) is 0. The number of rotatable bonds is 4. The molecule has 0 radical (unpaired) electrons.